The molecule has 3 atom stereocenters. The third-order valence-electron chi connectivity index (χ3n) is 6.89. The second kappa shape index (κ2) is 9.79. The summed E-state index contributed by atoms with van der Waals surface area (Å²) in [7, 11) is 0. The van der Waals surface area contributed by atoms with Gasteiger partial charge >= 0.3 is 11.9 Å². The van der Waals surface area contributed by atoms with Gasteiger partial charge < -0.3 is 10.1 Å². The van der Waals surface area contributed by atoms with Gasteiger partial charge in [0.15, 0.2) is 0 Å². The van der Waals surface area contributed by atoms with Gasteiger partial charge in [0.2, 0.25) is 0 Å². The molecule has 0 saturated carbocycles. The lowest BCUT2D eigenvalue weighted by molar-refractivity contribution is -0.137. The van der Waals surface area contributed by atoms with Crippen LogP contribution in [0.3, 0.4) is 0 Å². The van der Waals surface area contributed by atoms with Crippen LogP contribution < -0.4 is 11.0 Å². The number of aromatic amines is 1. The quantitative estimate of drug-likeness (QED) is 0.446. The Kier molecular flexibility index (Phi) is 7.13. The van der Waals surface area contributed by atoms with Crippen molar-refractivity contribution in [2.24, 2.45) is 0 Å². The summed E-state index contributed by atoms with van der Waals surface area (Å²) in [5, 5.41) is 9.83. The summed E-state index contributed by atoms with van der Waals surface area (Å²) in [5.74, 6) is 0.213. The number of ether oxygens (including phenoxy) is 1. The Morgan fingerprint density at radius 2 is 1.94 bits per heavy atom. The summed E-state index contributed by atoms with van der Waals surface area (Å²) < 4.78 is 47.7. The molecule has 0 radical (unpaired) electrons. The highest BCUT2D eigenvalue weighted by Crippen LogP contribution is 2.39. The predicted molar refractivity (Wildman–Crippen MR) is 127 cm³/mol. The molecule has 1 saturated heterocycles. The smallest absolute Gasteiger partial charge is 0.372 e. The number of benzene rings is 2. The number of rotatable bonds is 7. The van der Waals surface area contributed by atoms with E-state index in [1.807, 2.05) is 30.3 Å². The fourth-order valence-electron chi connectivity index (χ4n) is 4.71. The van der Waals surface area contributed by atoms with Crippen molar-refractivity contribution in [3.63, 3.8) is 0 Å². The Morgan fingerprint density at radius 1 is 1.20 bits per heavy atom. The van der Waals surface area contributed by atoms with Crippen molar-refractivity contribution < 1.29 is 17.9 Å². The first-order valence-corrected chi connectivity index (χ1v) is 11.9. The molecule has 1 aliphatic heterocycles. The van der Waals surface area contributed by atoms with Gasteiger partial charge in [-0.05, 0) is 49.9 Å². The van der Waals surface area contributed by atoms with Gasteiger partial charge in [-0.1, -0.05) is 42.0 Å². The van der Waals surface area contributed by atoms with Crippen molar-refractivity contribution in [3.8, 4) is 0 Å². The number of aryl methyl sites for hydroxylation is 1. The van der Waals surface area contributed by atoms with Crippen LogP contribution in [-0.2, 0) is 22.0 Å². The van der Waals surface area contributed by atoms with Crippen LogP contribution in [0, 0.1) is 6.92 Å². The highest BCUT2D eigenvalue weighted by Gasteiger charge is 2.45. The van der Waals surface area contributed by atoms with Crippen molar-refractivity contribution in [2.75, 3.05) is 19.0 Å². The number of H-pyrrole nitrogens is 1. The molecular weight excluding hydrogens is 481 g/mol. The summed E-state index contributed by atoms with van der Waals surface area (Å²) in [4.78, 5) is 12.3. The molecule has 2 aromatic carbocycles. The maximum absolute atomic E-state index is 13.3. The second-order valence-electron chi connectivity index (χ2n) is 9.27. The first-order valence-electron chi connectivity index (χ1n) is 11.4. The van der Waals surface area contributed by atoms with Gasteiger partial charge in [-0.3, -0.25) is 4.57 Å². The minimum absolute atomic E-state index is 0.213. The highest BCUT2D eigenvalue weighted by molar-refractivity contribution is 6.18. The fourth-order valence-corrected chi connectivity index (χ4v) is 5.07. The minimum atomic E-state index is -4.42. The summed E-state index contributed by atoms with van der Waals surface area (Å²) in [6, 6.07) is 13.8. The number of piperidine rings is 1. The summed E-state index contributed by atoms with van der Waals surface area (Å²) in [6.07, 6.45) is -2.36. The summed E-state index contributed by atoms with van der Waals surface area (Å²) >= 11 is 6.35. The number of hydrogen-bond donors (Lipinski definition) is 2. The molecule has 4 rings (SSSR count). The molecule has 0 aliphatic carbocycles. The number of halogens is 4. The first kappa shape index (κ1) is 25.5. The highest BCUT2D eigenvalue weighted by atomic mass is 35.5. The van der Waals surface area contributed by atoms with Gasteiger partial charge in [-0.15, -0.1) is 11.6 Å². The van der Waals surface area contributed by atoms with Crippen LogP contribution in [0.2, 0.25) is 0 Å². The fraction of sp³-hybridized carbons (Fsp3) is 0.440. The monoisotopic (exact) mass is 508 g/mol. The first-order chi connectivity index (χ1) is 16.6. The van der Waals surface area contributed by atoms with E-state index in [1.165, 1.54) is 10.9 Å². The largest absolute Gasteiger partial charge is 0.416 e. The molecule has 2 heterocycles. The molecule has 3 aromatic rings. The molecule has 0 spiro atoms. The SMILES string of the molecule is Cc1cc([C@@H](C)OC[C@@]2(c3ccccc3)CC[C@](CCl)(n3cn[nH]c3=O)CN2)cc(C(F)(F)F)c1. The van der Waals surface area contributed by atoms with Gasteiger partial charge in [0.25, 0.3) is 0 Å². The molecular formula is C25H28ClF3N4O2. The molecule has 6 nitrogen and oxygen atoms in total. The van der Waals surface area contributed by atoms with E-state index in [4.69, 9.17) is 16.3 Å². The van der Waals surface area contributed by atoms with Crippen molar-refractivity contribution in [1.82, 2.24) is 20.1 Å². The average molecular weight is 509 g/mol. The van der Waals surface area contributed by atoms with E-state index in [-0.39, 0.29) is 18.2 Å². The van der Waals surface area contributed by atoms with Crippen LogP contribution >= 0.6 is 11.6 Å². The molecule has 35 heavy (non-hydrogen) atoms. The lowest BCUT2D eigenvalue weighted by Crippen LogP contribution is -2.61. The molecule has 188 valence electrons. The Morgan fingerprint density at radius 3 is 2.51 bits per heavy atom. The van der Waals surface area contributed by atoms with E-state index in [0.717, 1.165) is 17.7 Å². The lowest BCUT2D eigenvalue weighted by Gasteiger charge is -2.47. The third kappa shape index (κ3) is 5.17. The van der Waals surface area contributed by atoms with Crippen LogP contribution in [0.5, 0.6) is 0 Å². The molecule has 0 unspecified atom stereocenters. The van der Waals surface area contributed by atoms with Crippen molar-refractivity contribution >= 4 is 11.6 Å². The normalized spacial score (nSPS) is 23.8. The number of nitrogens with zero attached hydrogens (tertiary/aromatic N) is 2. The predicted octanol–water partition coefficient (Wildman–Crippen LogP) is 4.89. The van der Waals surface area contributed by atoms with Crippen molar-refractivity contribution in [1.29, 1.82) is 0 Å². The summed E-state index contributed by atoms with van der Waals surface area (Å²) in [5.41, 5.74) is -0.288. The zero-order valence-corrected chi connectivity index (χ0v) is 20.3. The molecule has 0 amide bonds. The molecule has 1 aliphatic rings. The topological polar surface area (TPSA) is 71.9 Å². The molecule has 0 bridgehead atoms. The maximum atomic E-state index is 13.3. The molecule has 1 fully saturated rings. The molecule has 10 heteroatoms. The molecule has 1 aromatic heterocycles. The lowest BCUT2D eigenvalue weighted by atomic mass is 9.77. The van der Waals surface area contributed by atoms with Crippen LogP contribution in [0.1, 0.15) is 48.1 Å². The molecule has 2 N–H and O–H groups in total. The summed E-state index contributed by atoms with van der Waals surface area (Å²) in [6.45, 7) is 4.02. The van der Waals surface area contributed by atoms with Gasteiger partial charge in [-0.2, -0.15) is 18.3 Å². The Bertz CT molecular complexity index is 1200. The second-order valence-corrected chi connectivity index (χ2v) is 9.54. The Hall–Kier alpha value is -2.62. The number of alkyl halides is 4. The van der Waals surface area contributed by atoms with Gasteiger partial charge in [-0.25, -0.2) is 9.89 Å². The van der Waals surface area contributed by atoms with E-state index < -0.39 is 28.9 Å². The van der Waals surface area contributed by atoms with E-state index in [1.54, 1.807) is 19.9 Å². The Balaban J connectivity index is 1.58. The van der Waals surface area contributed by atoms with Crippen LogP contribution in [0.15, 0.2) is 59.7 Å². The minimum Gasteiger partial charge on any atom is -0.372 e. The zero-order valence-electron chi connectivity index (χ0n) is 19.5. The van der Waals surface area contributed by atoms with Crippen LogP contribution in [-0.4, -0.2) is 33.8 Å². The number of hydrogen-bond acceptors (Lipinski definition) is 4. The van der Waals surface area contributed by atoms with E-state index in [9.17, 15) is 18.0 Å². The van der Waals surface area contributed by atoms with Gasteiger partial charge in [0.1, 0.15) is 6.33 Å². The Labute approximate surface area is 206 Å². The zero-order chi connectivity index (χ0) is 25.3. The standard InChI is InChI=1S/C25H28ClF3N4O2/c1-17-10-19(12-21(11-17)25(27,28)29)18(2)35-15-24(20-6-4-3-5-7-20)9-8-23(13-26,14-30-24)33-16-31-32-22(33)34/h3-7,10-12,16,18,30H,8-9,13-15H2,1-2H3,(H,32,34)/t18-,23-,24-/m1/s1. The maximum Gasteiger partial charge on any atom is 0.416 e. The third-order valence-corrected chi connectivity index (χ3v) is 7.38. The van der Waals surface area contributed by atoms with Crippen LogP contribution in [0.4, 0.5) is 13.2 Å². The van der Waals surface area contributed by atoms with Gasteiger partial charge in [0.05, 0.1) is 29.4 Å². The van der Waals surface area contributed by atoms with E-state index in [2.05, 4.69) is 15.5 Å². The van der Waals surface area contributed by atoms with Crippen molar-refractivity contribution in [3.05, 3.63) is 87.6 Å². The number of aromatic nitrogens is 3. The van der Waals surface area contributed by atoms with E-state index >= 15 is 0 Å². The van der Waals surface area contributed by atoms with E-state index in [0.29, 0.717) is 30.5 Å². The number of nitrogens with one attached hydrogen (secondary N) is 2. The van der Waals surface area contributed by atoms with Gasteiger partial charge in [0, 0.05) is 12.4 Å². The van der Waals surface area contributed by atoms with Crippen LogP contribution in [0.25, 0.3) is 0 Å². The average Bonchev–Trinajstić information content (AvgIpc) is 3.29. The van der Waals surface area contributed by atoms with Crippen molar-refractivity contribution in [2.45, 2.75) is 50.0 Å².